The molecule has 0 aromatic heterocycles. The molecule has 0 aliphatic heterocycles. The highest BCUT2D eigenvalue weighted by Crippen LogP contribution is 2.24. The van der Waals surface area contributed by atoms with E-state index in [1.165, 1.54) is 51.9 Å². The summed E-state index contributed by atoms with van der Waals surface area (Å²) in [5.74, 6) is 0. The van der Waals surface area contributed by atoms with Gasteiger partial charge in [-0.15, -0.1) is 0 Å². The molecule has 0 bridgehead atoms. The summed E-state index contributed by atoms with van der Waals surface area (Å²) in [6.07, 6.45) is 5.31. The average Bonchev–Trinajstić information content (AvgIpc) is 2.32. The summed E-state index contributed by atoms with van der Waals surface area (Å²) in [6, 6.07) is 0. The highest BCUT2D eigenvalue weighted by atomic mass is 15.1. The van der Waals surface area contributed by atoms with Crippen molar-refractivity contribution in [1.29, 1.82) is 0 Å². The van der Waals surface area contributed by atoms with Crippen LogP contribution in [0.4, 0.5) is 0 Å². The van der Waals surface area contributed by atoms with Crippen LogP contribution >= 0.6 is 0 Å². The smallest absolute Gasteiger partial charge is 0.00300 e. The molecule has 0 fully saturated rings. The second-order valence-corrected chi connectivity index (χ2v) is 8.79. The fourth-order valence-electron chi connectivity index (χ4n) is 3.12. The Balaban J connectivity index is 4.03. The van der Waals surface area contributed by atoms with E-state index in [1.807, 2.05) is 0 Å². The molecule has 2 heteroatoms. The quantitative estimate of drug-likeness (QED) is 0.501. The molecule has 0 saturated heterocycles. The van der Waals surface area contributed by atoms with Crippen molar-refractivity contribution < 1.29 is 0 Å². The summed E-state index contributed by atoms with van der Waals surface area (Å²) in [4.78, 5) is 5.09. The van der Waals surface area contributed by atoms with Crippen molar-refractivity contribution in [2.24, 2.45) is 10.8 Å². The van der Waals surface area contributed by atoms with Gasteiger partial charge in [0.05, 0.1) is 0 Å². The van der Waals surface area contributed by atoms with Crippen molar-refractivity contribution in [3.63, 3.8) is 0 Å². The second kappa shape index (κ2) is 9.84. The zero-order chi connectivity index (χ0) is 16.5. The third-order valence-electron chi connectivity index (χ3n) is 4.05. The van der Waals surface area contributed by atoms with E-state index >= 15 is 0 Å². The summed E-state index contributed by atoms with van der Waals surface area (Å²) in [6.45, 7) is 22.5. The first kappa shape index (κ1) is 20.9. The Labute approximate surface area is 135 Å². The van der Waals surface area contributed by atoms with Gasteiger partial charge in [0.25, 0.3) is 0 Å². The van der Waals surface area contributed by atoms with Crippen LogP contribution in [-0.4, -0.2) is 49.6 Å². The molecule has 0 heterocycles. The third-order valence-corrected chi connectivity index (χ3v) is 4.05. The van der Waals surface area contributed by atoms with Crippen LogP contribution in [-0.2, 0) is 0 Å². The molecule has 0 aliphatic rings. The molecule has 0 radical (unpaired) electrons. The lowest BCUT2D eigenvalue weighted by Crippen LogP contribution is -2.34. The minimum atomic E-state index is 0.415. The lowest BCUT2D eigenvalue weighted by Gasteiger charge is -2.31. The zero-order valence-corrected chi connectivity index (χ0v) is 16.3. The molecule has 0 aromatic carbocycles. The normalized spacial score (nSPS) is 13.4. The van der Waals surface area contributed by atoms with Crippen molar-refractivity contribution in [3.8, 4) is 0 Å². The molecule has 0 aromatic rings. The molecule has 0 N–H and O–H groups in total. The molecule has 0 amide bonds. The van der Waals surface area contributed by atoms with Gasteiger partial charge in [0.15, 0.2) is 0 Å². The maximum atomic E-state index is 2.66. The molecule has 0 rings (SSSR count). The standard InChI is InChI=1S/C19H42N2/c1-9-14-21(16-18(3,4)5)15-12-11-13-19(6,7)17-20(8)10-2/h9-17H2,1-8H3. The van der Waals surface area contributed by atoms with Crippen LogP contribution in [0.5, 0.6) is 0 Å². The SMILES string of the molecule is CCCN(CCCCC(C)(C)CN(C)CC)CC(C)(C)C. The Hall–Kier alpha value is -0.0800. The first-order valence-electron chi connectivity index (χ1n) is 9.00. The van der Waals surface area contributed by atoms with Crippen LogP contribution < -0.4 is 0 Å². The molecule has 128 valence electrons. The summed E-state index contributed by atoms with van der Waals surface area (Å²) < 4.78 is 0. The molecule has 21 heavy (non-hydrogen) atoms. The van der Waals surface area contributed by atoms with Crippen molar-refractivity contribution in [1.82, 2.24) is 9.80 Å². The molecule has 0 aliphatic carbocycles. The van der Waals surface area contributed by atoms with Crippen molar-refractivity contribution in [3.05, 3.63) is 0 Å². The molecular formula is C19H42N2. The fourth-order valence-corrected chi connectivity index (χ4v) is 3.12. The Morgan fingerprint density at radius 1 is 0.810 bits per heavy atom. The molecule has 0 unspecified atom stereocenters. The third kappa shape index (κ3) is 12.2. The van der Waals surface area contributed by atoms with E-state index in [9.17, 15) is 0 Å². The maximum absolute atomic E-state index is 2.66. The second-order valence-electron chi connectivity index (χ2n) is 8.79. The minimum absolute atomic E-state index is 0.415. The van der Waals surface area contributed by atoms with Gasteiger partial charge in [0.2, 0.25) is 0 Å². The summed E-state index contributed by atoms with van der Waals surface area (Å²) in [5, 5.41) is 0. The van der Waals surface area contributed by atoms with E-state index in [0.29, 0.717) is 10.8 Å². The highest BCUT2D eigenvalue weighted by molar-refractivity contribution is 4.73. The maximum Gasteiger partial charge on any atom is 0.00300 e. The minimum Gasteiger partial charge on any atom is -0.306 e. The van der Waals surface area contributed by atoms with Crippen LogP contribution in [0.2, 0.25) is 0 Å². The summed E-state index contributed by atoms with van der Waals surface area (Å²) >= 11 is 0. The van der Waals surface area contributed by atoms with Gasteiger partial charge in [-0.1, -0.05) is 54.9 Å². The summed E-state index contributed by atoms with van der Waals surface area (Å²) in [7, 11) is 2.23. The number of unbranched alkanes of at least 4 members (excludes halogenated alkanes) is 1. The van der Waals surface area contributed by atoms with Gasteiger partial charge in [-0.25, -0.2) is 0 Å². The fraction of sp³-hybridized carbons (Fsp3) is 1.00. The molecule has 0 atom stereocenters. The van der Waals surface area contributed by atoms with Gasteiger partial charge >= 0.3 is 0 Å². The van der Waals surface area contributed by atoms with E-state index in [-0.39, 0.29) is 0 Å². The van der Waals surface area contributed by atoms with Crippen molar-refractivity contribution >= 4 is 0 Å². The van der Waals surface area contributed by atoms with Gasteiger partial charge in [0.1, 0.15) is 0 Å². The Morgan fingerprint density at radius 2 is 1.43 bits per heavy atom. The topological polar surface area (TPSA) is 6.48 Å². The van der Waals surface area contributed by atoms with Crippen LogP contribution in [0.15, 0.2) is 0 Å². The lowest BCUT2D eigenvalue weighted by atomic mass is 9.86. The first-order valence-corrected chi connectivity index (χ1v) is 9.00. The number of rotatable bonds is 11. The first-order chi connectivity index (χ1) is 9.59. The van der Waals surface area contributed by atoms with Crippen molar-refractivity contribution in [2.45, 2.75) is 74.1 Å². The number of hydrogen-bond donors (Lipinski definition) is 0. The predicted molar refractivity (Wildman–Crippen MR) is 97.0 cm³/mol. The van der Waals surface area contributed by atoms with E-state index in [2.05, 4.69) is 65.3 Å². The lowest BCUT2D eigenvalue weighted by molar-refractivity contribution is 0.175. The Kier molecular flexibility index (Phi) is 9.80. The van der Waals surface area contributed by atoms with E-state index < -0.39 is 0 Å². The van der Waals surface area contributed by atoms with Gasteiger partial charge in [-0.05, 0) is 56.8 Å². The zero-order valence-electron chi connectivity index (χ0n) is 16.3. The monoisotopic (exact) mass is 298 g/mol. The van der Waals surface area contributed by atoms with Gasteiger partial charge in [-0.3, -0.25) is 0 Å². The van der Waals surface area contributed by atoms with Gasteiger partial charge in [-0.2, -0.15) is 0 Å². The van der Waals surface area contributed by atoms with Crippen LogP contribution in [0.3, 0.4) is 0 Å². The van der Waals surface area contributed by atoms with Gasteiger partial charge < -0.3 is 9.80 Å². The van der Waals surface area contributed by atoms with Crippen LogP contribution in [0, 0.1) is 10.8 Å². The van der Waals surface area contributed by atoms with E-state index in [4.69, 9.17) is 0 Å². The van der Waals surface area contributed by atoms with Gasteiger partial charge in [0, 0.05) is 13.1 Å². The van der Waals surface area contributed by atoms with E-state index in [0.717, 1.165) is 6.54 Å². The van der Waals surface area contributed by atoms with Crippen molar-refractivity contribution in [2.75, 3.05) is 39.8 Å². The van der Waals surface area contributed by atoms with E-state index in [1.54, 1.807) is 0 Å². The Morgan fingerprint density at radius 3 is 1.90 bits per heavy atom. The molecule has 2 nitrogen and oxygen atoms in total. The number of hydrogen-bond acceptors (Lipinski definition) is 2. The van der Waals surface area contributed by atoms with Crippen LogP contribution in [0.1, 0.15) is 74.1 Å². The van der Waals surface area contributed by atoms with Crippen LogP contribution in [0.25, 0.3) is 0 Å². The highest BCUT2D eigenvalue weighted by Gasteiger charge is 2.20. The summed E-state index contributed by atoms with van der Waals surface area (Å²) in [5.41, 5.74) is 0.864. The molecular weight excluding hydrogens is 256 g/mol. The average molecular weight is 299 g/mol. The number of nitrogens with zero attached hydrogens (tertiary/aromatic N) is 2. The molecule has 0 spiro atoms. The predicted octanol–water partition coefficient (Wildman–Crippen LogP) is 4.89. The largest absolute Gasteiger partial charge is 0.306 e. The molecule has 0 saturated carbocycles. The Bertz CT molecular complexity index is 253.